The topological polar surface area (TPSA) is 49.8 Å². The molecule has 0 aromatic heterocycles. The van der Waals surface area contributed by atoms with Crippen molar-refractivity contribution in [2.45, 2.75) is 37.3 Å². The van der Waals surface area contributed by atoms with Crippen LogP contribution in [0.2, 0.25) is 0 Å². The molecule has 1 spiro atoms. The summed E-state index contributed by atoms with van der Waals surface area (Å²) in [6.07, 6.45) is 4.52. The summed E-state index contributed by atoms with van der Waals surface area (Å²) in [6.45, 7) is 2.33. The van der Waals surface area contributed by atoms with E-state index in [1.807, 2.05) is 11.8 Å². The van der Waals surface area contributed by atoms with E-state index in [0.29, 0.717) is 6.04 Å². The molecule has 3 fully saturated rings. The molecule has 0 bridgehead atoms. The third-order valence-corrected chi connectivity index (χ3v) is 5.63. The van der Waals surface area contributed by atoms with Gasteiger partial charge < -0.3 is 9.84 Å². The molecule has 3 heterocycles. The van der Waals surface area contributed by atoms with Gasteiger partial charge in [0.2, 0.25) is 0 Å². The second kappa shape index (κ2) is 5.02. The van der Waals surface area contributed by atoms with Crippen LogP contribution >= 0.6 is 11.8 Å². The Morgan fingerprint density at radius 2 is 2.06 bits per heavy atom. The zero-order chi connectivity index (χ0) is 12.6. The Morgan fingerprint density at radius 3 is 2.72 bits per heavy atom. The van der Waals surface area contributed by atoms with Gasteiger partial charge in [0.15, 0.2) is 0 Å². The van der Waals surface area contributed by atoms with Crippen LogP contribution in [0.5, 0.6) is 0 Å². The number of likely N-dealkylation sites (tertiary alicyclic amines) is 1. The van der Waals surface area contributed by atoms with E-state index in [1.54, 1.807) is 0 Å². The zero-order valence-electron chi connectivity index (χ0n) is 10.6. The average Bonchev–Trinajstić information content (AvgIpc) is 2.27. The highest BCUT2D eigenvalue weighted by atomic mass is 32.2. The first kappa shape index (κ1) is 12.8. The molecule has 0 aliphatic carbocycles. The number of hydrogen-bond acceptors (Lipinski definition) is 4. The van der Waals surface area contributed by atoms with Crippen LogP contribution in [-0.2, 0) is 9.53 Å². The fourth-order valence-corrected chi connectivity index (χ4v) is 4.61. The van der Waals surface area contributed by atoms with E-state index < -0.39 is 5.97 Å². The molecular formula is C13H21NO3S. The molecule has 1 N–H and O–H groups in total. The highest BCUT2D eigenvalue weighted by Gasteiger charge is 2.44. The molecular weight excluding hydrogens is 250 g/mol. The number of rotatable bonds is 2. The number of carbonyl (C=O) groups is 1. The van der Waals surface area contributed by atoms with Crippen molar-refractivity contribution in [1.82, 2.24) is 4.90 Å². The first-order valence-electron chi connectivity index (χ1n) is 6.87. The van der Waals surface area contributed by atoms with E-state index in [0.717, 1.165) is 32.5 Å². The quantitative estimate of drug-likeness (QED) is 0.824. The minimum Gasteiger partial charge on any atom is -0.481 e. The van der Waals surface area contributed by atoms with Gasteiger partial charge in [0.1, 0.15) is 0 Å². The minimum atomic E-state index is -0.637. The molecule has 0 radical (unpaired) electrons. The maximum absolute atomic E-state index is 10.9. The Morgan fingerprint density at radius 1 is 1.33 bits per heavy atom. The molecule has 1 unspecified atom stereocenters. The summed E-state index contributed by atoms with van der Waals surface area (Å²) < 4.78 is 6.07. The highest BCUT2D eigenvalue weighted by Crippen LogP contribution is 2.40. The fraction of sp³-hybridized carbons (Fsp3) is 0.923. The van der Waals surface area contributed by atoms with Crippen molar-refractivity contribution in [3.8, 4) is 0 Å². The number of hydrogen-bond donors (Lipinski definition) is 1. The molecule has 0 amide bonds. The van der Waals surface area contributed by atoms with Gasteiger partial charge in [0, 0.05) is 25.7 Å². The molecule has 4 nitrogen and oxygen atoms in total. The first-order valence-corrected chi connectivity index (χ1v) is 8.03. The van der Waals surface area contributed by atoms with Crippen LogP contribution < -0.4 is 0 Å². The highest BCUT2D eigenvalue weighted by molar-refractivity contribution is 7.99. The van der Waals surface area contributed by atoms with Crippen molar-refractivity contribution < 1.29 is 14.6 Å². The van der Waals surface area contributed by atoms with Gasteiger partial charge in [0.05, 0.1) is 11.5 Å². The van der Waals surface area contributed by atoms with E-state index >= 15 is 0 Å². The van der Waals surface area contributed by atoms with E-state index in [9.17, 15) is 4.79 Å². The van der Waals surface area contributed by atoms with E-state index in [4.69, 9.17) is 9.84 Å². The van der Waals surface area contributed by atoms with Gasteiger partial charge in [-0.3, -0.25) is 9.69 Å². The maximum atomic E-state index is 10.9. The summed E-state index contributed by atoms with van der Waals surface area (Å²) in [5.41, 5.74) is 0.114. The van der Waals surface area contributed by atoms with Crippen molar-refractivity contribution in [3.63, 3.8) is 0 Å². The van der Waals surface area contributed by atoms with Gasteiger partial charge in [0.25, 0.3) is 0 Å². The van der Waals surface area contributed by atoms with Gasteiger partial charge in [-0.1, -0.05) is 0 Å². The van der Waals surface area contributed by atoms with Crippen molar-refractivity contribution in [1.29, 1.82) is 0 Å². The molecule has 5 heteroatoms. The number of ether oxygens (including phenoxy) is 1. The molecule has 0 saturated carbocycles. The second-order valence-electron chi connectivity index (χ2n) is 5.78. The Kier molecular flexibility index (Phi) is 3.56. The number of carboxylic acids is 1. The molecule has 0 aromatic carbocycles. The van der Waals surface area contributed by atoms with Crippen molar-refractivity contribution in [3.05, 3.63) is 0 Å². The molecule has 3 rings (SSSR count). The third-order valence-electron chi connectivity index (χ3n) is 4.65. The summed E-state index contributed by atoms with van der Waals surface area (Å²) in [7, 11) is 0. The lowest BCUT2D eigenvalue weighted by Gasteiger charge is -2.50. The van der Waals surface area contributed by atoms with Crippen LogP contribution in [0.4, 0.5) is 0 Å². The van der Waals surface area contributed by atoms with Crippen LogP contribution in [0, 0.1) is 5.92 Å². The van der Waals surface area contributed by atoms with E-state index in [-0.39, 0.29) is 11.5 Å². The van der Waals surface area contributed by atoms with Crippen molar-refractivity contribution >= 4 is 17.7 Å². The molecule has 18 heavy (non-hydrogen) atoms. The number of nitrogens with zero attached hydrogens (tertiary/aromatic N) is 1. The predicted octanol–water partition coefficient (Wildman–Crippen LogP) is 1.45. The van der Waals surface area contributed by atoms with Crippen molar-refractivity contribution in [2.75, 3.05) is 31.2 Å². The van der Waals surface area contributed by atoms with E-state index in [1.165, 1.54) is 24.3 Å². The standard InChI is InChI=1S/C13H21NO3S/c15-12(16)10-8-14(9-10)11-1-4-17-13(7-11)2-5-18-6-3-13/h10-11H,1-9H2,(H,15,16). The maximum Gasteiger partial charge on any atom is 0.309 e. The first-order chi connectivity index (χ1) is 8.69. The lowest BCUT2D eigenvalue weighted by atomic mass is 9.83. The Balaban J connectivity index is 1.56. The molecule has 102 valence electrons. The average molecular weight is 271 g/mol. The molecule has 0 aromatic rings. The van der Waals surface area contributed by atoms with Gasteiger partial charge in [-0.25, -0.2) is 0 Å². The smallest absolute Gasteiger partial charge is 0.309 e. The largest absolute Gasteiger partial charge is 0.481 e. The summed E-state index contributed by atoms with van der Waals surface area (Å²) in [5, 5.41) is 8.94. The summed E-state index contributed by atoms with van der Waals surface area (Å²) in [6, 6.07) is 0.553. The summed E-state index contributed by atoms with van der Waals surface area (Å²) in [5.74, 6) is 1.65. The van der Waals surface area contributed by atoms with Gasteiger partial charge in [-0.05, 0) is 37.2 Å². The minimum absolute atomic E-state index is 0.114. The number of carboxylic acid groups (broad SMARTS) is 1. The lowest BCUT2D eigenvalue weighted by molar-refractivity contribution is -0.154. The normalized spacial score (nSPS) is 33.2. The van der Waals surface area contributed by atoms with Gasteiger partial charge in [-0.15, -0.1) is 0 Å². The van der Waals surface area contributed by atoms with Crippen molar-refractivity contribution in [2.24, 2.45) is 5.92 Å². The Bertz CT molecular complexity index is 319. The lowest BCUT2D eigenvalue weighted by Crippen LogP contribution is -2.59. The fourth-order valence-electron chi connectivity index (χ4n) is 3.37. The number of thioether (sulfide) groups is 1. The Labute approximate surface area is 112 Å². The molecule has 3 saturated heterocycles. The third kappa shape index (κ3) is 2.40. The van der Waals surface area contributed by atoms with Crippen LogP contribution in [0.3, 0.4) is 0 Å². The zero-order valence-corrected chi connectivity index (χ0v) is 11.5. The van der Waals surface area contributed by atoms with Gasteiger partial charge in [-0.2, -0.15) is 11.8 Å². The molecule has 1 atom stereocenters. The van der Waals surface area contributed by atoms with E-state index in [2.05, 4.69) is 4.90 Å². The molecule has 3 aliphatic rings. The Hall–Kier alpha value is -0.260. The monoisotopic (exact) mass is 271 g/mol. The van der Waals surface area contributed by atoms with Gasteiger partial charge >= 0.3 is 5.97 Å². The second-order valence-corrected chi connectivity index (χ2v) is 7.00. The van der Waals surface area contributed by atoms with Crippen LogP contribution in [0.1, 0.15) is 25.7 Å². The predicted molar refractivity (Wildman–Crippen MR) is 71.0 cm³/mol. The summed E-state index contributed by atoms with van der Waals surface area (Å²) in [4.78, 5) is 13.2. The number of aliphatic carboxylic acids is 1. The van der Waals surface area contributed by atoms with Crippen LogP contribution in [0.25, 0.3) is 0 Å². The SMILES string of the molecule is O=C(O)C1CN(C2CCOC3(CCSCC3)C2)C1. The molecule has 3 aliphatic heterocycles. The van der Waals surface area contributed by atoms with Crippen LogP contribution in [0.15, 0.2) is 0 Å². The van der Waals surface area contributed by atoms with Crippen LogP contribution in [-0.4, -0.2) is 58.8 Å². The summed E-state index contributed by atoms with van der Waals surface area (Å²) >= 11 is 2.02.